The highest BCUT2D eigenvalue weighted by Crippen LogP contribution is 2.21. The SMILES string of the molecule is CCNC(=NCC(C)Oc1cccc(C)c1)N(C)Cc1csc(C(C)OC)n1.I. The summed E-state index contributed by atoms with van der Waals surface area (Å²) in [6.07, 6.45) is 0.00265. The molecule has 1 aromatic carbocycles. The minimum atomic E-state index is -0.0164. The lowest BCUT2D eigenvalue weighted by atomic mass is 10.2. The normalized spacial score (nSPS) is 13.4. The van der Waals surface area contributed by atoms with Gasteiger partial charge in [-0.1, -0.05) is 12.1 Å². The van der Waals surface area contributed by atoms with Crippen LogP contribution in [0.1, 0.15) is 43.1 Å². The Balaban J connectivity index is 0.00000420. The molecule has 0 aliphatic rings. The second kappa shape index (κ2) is 13.0. The van der Waals surface area contributed by atoms with E-state index in [4.69, 9.17) is 14.5 Å². The van der Waals surface area contributed by atoms with Gasteiger partial charge >= 0.3 is 0 Å². The Morgan fingerprint density at radius 3 is 2.76 bits per heavy atom. The summed E-state index contributed by atoms with van der Waals surface area (Å²) >= 11 is 1.63. The highest BCUT2D eigenvalue weighted by molar-refractivity contribution is 14.0. The largest absolute Gasteiger partial charge is 0.489 e. The maximum absolute atomic E-state index is 5.99. The van der Waals surface area contributed by atoms with E-state index < -0.39 is 0 Å². The molecule has 0 radical (unpaired) electrons. The third-order valence-corrected chi connectivity index (χ3v) is 5.25. The Bertz CT molecular complexity index is 769. The second-order valence-corrected chi connectivity index (χ2v) is 7.74. The van der Waals surface area contributed by atoms with Crippen molar-refractivity contribution in [1.29, 1.82) is 0 Å². The highest BCUT2D eigenvalue weighted by Gasteiger charge is 2.13. The van der Waals surface area contributed by atoms with Gasteiger partial charge < -0.3 is 19.7 Å². The van der Waals surface area contributed by atoms with E-state index in [0.717, 1.165) is 29.0 Å². The quantitative estimate of drug-likeness (QED) is 0.290. The summed E-state index contributed by atoms with van der Waals surface area (Å²) in [7, 11) is 3.72. The molecule has 29 heavy (non-hydrogen) atoms. The van der Waals surface area contributed by atoms with Crippen LogP contribution in [0.5, 0.6) is 5.75 Å². The van der Waals surface area contributed by atoms with Gasteiger partial charge in [-0.15, -0.1) is 35.3 Å². The number of rotatable bonds is 9. The monoisotopic (exact) mass is 532 g/mol. The van der Waals surface area contributed by atoms with Crippen LogP contribution in [-0.2, 0) is 11.3 Å². The number of guanidine groups is 1. The second-order valence-electron chi connectivity index (χ2n) is 6.85. The average molecular weight is 532 g/mol. The lowest BCUT2D eigenvalue weighted by Gasteiger charge is -2.22. The van der Waals surface area contributed by atoms with Crippen molar-refractivity contribution in [3.63, 3.8) is 0 Å². The van der Waals surface area contributed by atoms with Crippen LogP contribution in [0.4, 0.5) is 0 Å². The molecule has 2 aromatic rings. The molecule has 6 nitrogen and oxygen atoms in total. The van der Waals surface area contributed by atoms with Crippen molar-refractivity contribution in [2.45, 2.75) is 46.4 Å². The first kappa shape index (κ1) is 25.6. The molecule has 0 saturated heterocycles. The maximum atomic E-state index is 5.99. The molecule has 0 saturated carbocycles. The van der Waals surface area contributed by atoms with Gasteiger partial charge in [0.25, 0.3) is 0 Å². The van der Waals surface area contributed by atoms with Crippen molar-refractivity contribution in [3.8, 4) is 5.75 Å². The smallest absolute Gasteiger partial charge is 0.194 e. The first-order chi connectivity index (χ1) is 13.4. The van der Waals surface area contributed by atoms with Crippen LogP contribution in [0.25, 0.3) is 0 Å². The van der Waals surface area contributed by atoms with E-state index in [1.54, 1.807) is 18.4 Å². The number of ether oxygens (including phenoxy) is 2. The van der Waals surface area contributed by atoms with Crippen LogP contribution in [-0.4, -0.2) is 49.2 Å². The Kier molecular flexibility index (Phi) is 11.5. The van der Waals surface area contributed by atoms with Gasteiger partial charge in [-0.3, -0.25) is 0 Å². The van der Waals surface area contributed by atoms with Crippen LogP contribution in [0.3, 0.4) is 0 Å². The first-order valence-corrected chi connectivity index (χ1v) is 10.5. The van der Waals surface area contributed by atoms with E-state index in [-0.39, 0.29) is 36.2 Å². The summed E-state index contributed by atoms with van der Waals surface area (Å²) in [6.45, 7) is 10.2. The maximum Gasteiger partial charge on any atom is 0.194 e. The zero-order chi connectivity index (χ0) is 20.5. The Morgan fingerprint density at radius 2 is 2.10 bits per heavy atom. The van der Waals surface area contributed by atoms with Gasteiger partial charge in [-0.25, -0.2) is 9.98 Å². The van der Waals surface area contributed by atoms with Gasteiger partial charge in [0, 0.05) is 26.1 Å². The number of aryl methyl sites for hydroxylation is 1. The zero-order valence-corrected chi connectivity index (χ0v) is 21.3. The number of hydrogen-bond acceptors (Lipinski definition) is 5. The number of nitrogens with one attached hydrogen (secondary N) is 1. The first-order valence-electron chi connectivity index (χ1n) is 9.62. The van der Waals surface area contributed by atoms with Gasteiger partial charge in [0.15, 0.2) is 5.96 Å². The topological polar surface area (TPSA) is 59.0 Å². The lowest BCUT2D eigenvalue weighted by Crippen LogP contribution is -2.39. The molecule has 0 amide bonds. The fourth-order valence-corrected chi connectivity index (χ4v) is 3.49. The van der Waals surface area contributed by atoms with Crippen molar-refractivity contribution >= 4 is 41.3 Å². The number of hydrogen-bond donors (Lipinski definition) is 1. The van der Waals surface area contributed by atoms with Crippen molar-refractivity contribution in [1.82, 2.24) is 15.2 Å². The van der Waals surface area contributed by atoms with Gasteiger partial charge in [0.05, 0.1) is 18.8 Å². The van der Waals surface area contributed by atoms with Crippen molar-refractivity contribution in [3.05, 3.63) is 45.9 Å². The number of nitrogens with zero attached hydrogens (tertiary/aromatic N) is 3. The average Bonchev–Trinajstić information content (AvgIpc) is 3.12. The fourth-order valence-electron chi connectivity index (χ4n) is 2.64. The van der Waals surface area contributed by atoms with Crippen LogP contribution in [0, 0.1) is 6.92 Å². The molecule has 2 unspecified atom stereocenters. The molecule has 1 N–H and O–H groups in total. The summed E-state index contributed by atoms with van der Waals surface area (Å²) < 4.78 is 11.3. The number of methoxy groups -OCH3 is 1. The predicted octanol–water partition coefficient (Wildman–Crippen LogP) is 4.64. The highest BCUT2D eigenvalue weighted by atomic mass is 127. The van der Waals surface area contributed by atoms with Crippen LogP contribution in [0.15, 0.2) is 34.6 Å². The van der Waals surface area contributed by atoms with E-state index in [0.29, 0.717) is 13.1 Å². The van der Waals surface area contributed by atoms with Crippen molar-refractivity contribution < 1.29 is 9.47 Å². The van der Waals surface area contributed by atoms with Gasteiger partial charge in [-0.05, 0) is 45.4 Å². The number of halogens is 1. The summed E-state index contributed by atoms with van der Waals surface area (Å²) in [5.41, 5.74) is 2.20. The number of thiazole rings is 1. The van der Waals surface area contributed by atoms with Gasteiger partial charge in [0.1, 0.15) is 23.0 Å². The molecular formula is C21H33IN4O2S. The minimum absolute atomic E-state index is 0. The molecule has 162 valence electrons. The van der Waals surface area contributed by atoms with Crippen LogP contribution >= 0.6 is 35.3 Å². The Labute approximate surface area is 195 Å². The van der Waals surface area contributed by atoms with Crippen molar-refractivity contribution in [2.24, 2.45) is 4.99 Å². The third kappa shape index (κ3) is 8.47. The van der Waals surface area contributed by atoms with Crippen LogP contribution < -0.4 is 10.1 Å². The summed E-state index contributed by atoms with van der Waals surface area (Å²) in [4.78, 5) is 11.5. The van der Waals surface area contributed by atoms with Crippen LogP contribution in [0.2, 0.25) is 0 Å². The molecule has 0 bridgehead atoms. The predicted molar refractivity (Wildman–Crippen MR) is 132 cm³/mol. The van der Waals surface area contributed by atoms with E-state index in [1.165, 1.54) is 5.56 Å². The Hall–Kier alpha value is -1.39. The van der Waals surface area contributed by atoms with E-state index in [2.05, 4.69) is 40.5 Å². The standard InChI is InChI=1S/C21H32N4O2S.HI/c1-7-22-21(23-12-16(3)27-19-10-8-9-15(2)11-19)25(5)13-18-14-28-20(24-18)17(4)26-6;/h8-11,14,16-17H,7,12-13H2,1-6H3,(H,22,23);1H. The summed E-state index contributed by atoms with van der Waals surface area (Å²) in [6, 6.07) is 8.08. The van der Waals surface area contributed by atoms with E-state index in [1.807, 2.05) is 39.1 Å². The molecule has 0 aliphatic heterocycles. The van der Waals surface area contributed by atoms with Gasteiger partial charge in [-0.2, -0.15) is 0 Å². The molecule has 8 heteroatoms. The van der Waals surface area contributed by atoms with E-state index >= 15 is 0 Å². The molecule has 0 aliphatic carbocycles. The summed E-state index contributed by atoms with van der Waals surface area (Å²) in [5, 5.41) is 6.41. The molecule has 1 heterocycles. The number of aromatic nitrogens is 1. The molecule has 0 fully saturated rings. The number of aliphatic imine (C=N–C) groups is 1. The van der Waals surface area contributed by atoms with Gasteiger partial charge in [0.2, 0.25) is 0 Å². The lowest BCUT2D eigenvalue weighted by molar-refractivity contribution is 0.119. The van der Waals surface area contributed by atoms with E-state index in [9.17, 15) is 0 Å². The molecule has 0 spiro atoms. The summed E-state index contributed by atoms with van der Waals surface area (Å²) in [5.74, 6) is 1.72. The Morgan fingerprint density at radius 1 is 1.34 bits per heavy atom. The number of benzene rings is 1. The molecule has 2 atom stereocenters. The third-order valence-electron chi connectivity index (χ3n) is 4.19. The molecular weight excluding hydrogens is 499 g/mol. The fraction of sp³-hybridized carbons (Fsp3) is 0.524. The molecule has 2 rings (SSSR count). The zero-order valence-electron chi connectivity index (χ0n) is 18.1. The minimum Gasteiger partial charge on any atom is -0.489 e. The van der Waals surface area contributed by atoms with Crippen molar-refractivity contribution in [2.75, 3.05) is 27.2 Å². The molecule has 1 aromatic heterocycles.